The fourth-order valence-electron chi connectivity index (χ4n) is 3.72. The van der Waals surface area contributed by atoms with Gasteiger partial charge in [-0.15, -0.1) is 0 Å². The molecule has 1 aliphatic rings. The Morgan fingerprint density at radius 1 is 1.26 bits per heavy atom. The molecule has 3 aromatic rings. The van der Waals surface area contributed by atoms with Crippen LogP contribution in [-0.2, 0) is 11.3 Å². The molecule has 2 aromatic heterocycles. The number of amides is 1. The number of nitrogens with zero attached hydrogens (tertiary/aromatic N) is 3. The van der Waals surface area contributed by atoms with Crippen LogP contribution < -0.4 is 4.90 Å². The lowest BCUT2D eigenvalue weighted by Gasteiger charge is -2.27. The third-order valence-electron chi connectivity index (χ3n) is 5.14. The Bertz CT molecular complexity index is 951. The van der Waals surface area contributed by atoms with Gasteiger partial charge in [0.2, 0.25) is 5.91 Å². The van der Waals surface area contributed by atoms with Gasteiger partial charge in [-0.25, -0.2) is 4.98 Å². The molecule has 4 nitrogen and oxygen atoms in total. The highest BCUT2D eigenvalue weighted by Gasteiger charge is 2.29. The van der Waals surface area contributed by atoms with Crippen LogP contribution in [0.15, 0.2) is 36.5 Å². The van der Waals surface area contributed by atoms with Gasteiger partial charge >= 0.3 is 0 Å². The second kappa shape index (κ2) is 7.95. The largest absolute Gasteiger partial charge is 0.282 e. The number of pyridine rings is 1. The maximum atomic E-state index is 13.4. The first-order chi connectivity index (χ1) is 13.1. The topological polar surface area (TPSA) is 46.1 Å². The van der Waals surface area contributed by atoms with Gasteiger partial charge in [0.15, 0.2) is 5.13 Å². The third kappa shape index (κ3) is 3.99. The van der Waals surface area contributed by atoms with Crippen LogP contribution in [0.5, 0.6) is 0 Å². The molecule has 1 aromatic carbocycles. The van der Waals surface area contributed by atoms with Crippen molar-refractivity contribution < 1.29 is 4.79 Å². The highest BCUT2D eigenvalue weighted by Crippen LogP contribution is 2.35. The van der Waals surface area contributed by atoms with E-state index in [2.05, 4.69) is 4.98 Å². The van der Waals surface area contributed by atoms with E-state index in [-0.39, 0.29) is 11.8 Å². The van der Waals surface area contributed by atoms with E-state index in [9.17, 15) is 4.79 Å². The number of aryl methyl sites for hydroxylation is 1. The summed E-state index contributed by atoms with van der Waals surface area (Å²) >= 11 is 7.74. The molecule has 1 saturated carbocycles. The molecule has 0 N–H and O–H groups in total. The number of aromatic nitrogens is 2. The number of carbonyl (C=O) groups is 1. The van der Waals surface area contributed by atoms with Gasteiger partial charge in [0.05, 0.1) is 22.5 Å². The van der Waals surface area contributed by atoms with Gasteiger partial charge in [0, 0.05) is 17.1 Å². The van der Waals surface area contributed by atoms with Crippen LogP contribution in [0.25, 0.3) is 10.2 Å². The van der Waals surface area contributed by atoms with Crippen LogP contribution in [0, 0.1) is 12.8 Å². The van der Waals surface area contributed by atoms with Crippen molar-refractivity contribution in [1.82, 2.24) is 9.97 Å². The molecule has 1 fully saturated rings. The quantitative estimate of drug-likeness (QED) is 0.559. The monoisotopic (exact) mass is 399 g/mol. The van der Waals surface area contributed by atoms with Gasteiger partial charge in [-0.3, -0.25) is 14.7 Å². The molecule has 0 aliphatic heterocycles. The summed E-state index contributed by atoms with van der Waals surface area (Å²) in [7, 11) is 0. The van der Waals surface area contributed by atoms with Crippen molar-refractivity contribution in [3.05, 3.63) is 52.8 Å². The molecule has 2 heterocycles. The van der Waals surface area contributed by atoms with E-state index in [1.165, 1.54) is 17.8 Å². The smallest absolute Gasteiger partial charge is 0.232 e. The molecular weight excluding hydrogens is 378 g/mol. The van der Waals surface area contributed by atoms with Crippen LogP contribution >= 0.6 is 22.9 Å². The predicted molar refractivity (Wildman–Crippen MR) is 111 cm³/mol. The van der Waals surface area contributed by atoms with Crippen LogP contribution in [-0.4, -0.2) is 15.9 Å². The van der Waals surface area contributed by atoms with E-state index in [4.69, 9.17) is 16.6 Å². The Morgan fingerprint density at radius 3 is 2.81 bits per heavy atom. The van der Waals surface area contributed by atoms with Crippen molar-refractivity contribution in [2.24, 2.45) is 5.92 Å². The molecule has 0 radical (unpaired) electrons. The fourth-order valence-corrected chi connectivity index (χ4v) is 5.15. The molecule has 27 heavy (non-hydrogen) atoms. The standard InChI is InChI=1S/C21H22ClN3OS/c1-14-11-16(22)12-18-19(14)24-21(27-18)25(13-17-9-5-6-10-23-17)20(26)15-7-3-2-4-8-15/h5-6,9-12,15H,2-4,7-8,13H2,1H3. The molecule has 1 amide bonds. The number of hydrogen-bond donors (Lipinski definition) is 0. The Hall–Kier alpha value is -1.98. The van der Waals surface area contributed by atoms with Crippen molar-refractivity contribution in [3.63, 3.8) is 0 Å². The average molecular weight is 400 g/mol. The molecule has 1 aliphatic carbocycles. The summed E-state index contributed by atoms with van der Waals surface area (Å²) < 4.78 is 1.01. The van der Waals surface area contributed by atoms with Gasteiger partial charge in [0.25, 0.3) is 0 Å². The summed E-state index contributed by atoms with van der Waals surface area (Å²) in [6.45, 7) is 2.45. The minimum atomic E-state index is 0.0826. The number of fused-ring (bicyclic) bond motifs is 1. The molecule has 140 valence electrons. The van der Waals surface area contributed by atoms with Crippen molar-refractivity contribution in [3.8, 4) is 0 Å². The fraction of sp³-hybridized carbons (Fsp3) is 0.381. The summed E-state index contributed by atoms with van der Waals surface area (Å²) in [5.41, 5.74) is 2.82. The Kier molecular flexibility index (Phi) is 5.41. The lowest BCUT2D eigenvalue weighted by molar-refractivity contribution is -0.123. The molecule has 0 spiro atoms. The Balaban J connectivity index is 1.72. The second-order valence-electron chi connectivity index (χ2n) is 7.15. The van der Waals surface area contributed by atoms with Gasteiger partial charge in [-0.05, 0) is 49.6 Å². The lowest BCUT2D eigenvalue weighted by Crippen LogP contribution is -2.36. The second-order valence-corrected chi connectivity index (χ2v) is 8.59. The first-order valence-corrected chi connectivity index (χ1v) is 10.6. The first-order valence-electron chi connectivity index (χ1n) is 9.40. The summed E-state index contributed by atoms with van der Waals surface area (Å²) in [6.07, 6.45) is 7.18. The highest BCUT2D eigenvalue weighted by molar-refractivity contribution is 7.22. The number of halogens is 1. The maximum Gasteiger partial charge on any atom is 0.232 e. The molecule has 6 heteroatoms. The molecular formula is C21H22ClN3OS. The van der Waals surface area contributed by atoms with E-state index in [1.54, 1.807) is 6.20 Å². The number of hydrogen-bond acceptors (Lipinski definition) is 4. The van der Waals surface area contributed by atoms with Crippen LogP contribution in [0.2, 0.25) is 5.02 Å². The predicted octanol–water partition coefficient (Wildman–Crippen LogP) is 5.77. The Labute approximate surface area is 168 Å². The van der Waals surface area contributed by atoms with Crippen LogP contribution in [0.4, 0.5) is 5.13 Å². The molecule has 0 saturated heterocycles. The zero-order chi connectivity index (χ0) is 18.8. The van der Waals surface area contributed by atoms with Gasteiger partial charge in [0.1, 0.15) is 0 Å². The summed E-state index contributed by atoms with van der Waals surface area (Å²) in [4.78, 5) is 24.4. The number of rotatable bonds is 4. The summed E-state index contributed by atoms with van der Waals surface area (Å²) in [5.74, 6) is 0.252. The van der Waals surface area contributed by atoms with E-state index in [1.807, 2.05) is 42.2 Å². The number of carbonyl (C=O) groups excluding carboxylic acids is 1. The molecule has 0 atom stereocenters. The Morgan fingerprint density at radius 2 is 2.07 bits per heavy atom. The van der Waals surface area contributed by atoms with E-state index >= 15 is 0 Å². The van der Waals surface area contributed by atoms with Crippen LogP contribution in [0.1, 0.15) is 43.4 Å². The van der Waals surface area contributed by atoms with Crippen molar-refractivity contribution in [2.45, 2.75) is 45.6 Å². The molecule has 4 rings (SSSR count). The van der Waals surface area contributed by atoms with Gasteiger partial charge < -0.3 is 0 Å². The number of thiazole rings is 1. The number of benzene rings is 1. The molecule has 0 bridgehead atoms. The zero-order valence-electron chi connectivity index (χ0n) is 15.3. The summed E-state index contributed by atoms with van der Waals surface area (Å²) in [6, 6.07) is 9.64. The summed E-state index contributed by atoms with van der Waals surface area (Å²) in [5, 5.41) is 1.43. The van der Waals surface area contributed by atoms with Crippen molar-refractivity contribution >= 4 is 44.2 Å². The third-order valence-corrected chi connectivity index (χ3v) is 6.38. The lowest BCUT2D eigenvalue weighted by atomic mass is 9.88. The van der Waals surface area contributed by atoms with Gasteiger partial charge in [-0.1, -0.05) is 48.3 Å². The normalized spacial score (nSPS) is 15.2. The number of anilines is 1. The van der Waals surface area contributed by atoms with Crippen molar-refractivity contribution in [2.75, 3.05) is 4.90 Å². The van der Waals surface area contributed by atoms with Crippen LogP contribution in [0.3, 0.4) is 0 Å². The first kappa shape index (κ1) is 18.4. The maximum absolute atomic E-state index is 13.4. The van der Waals surface area contributed by atoms with E-state index in [0.717, 1.165) is 52.3 Å². The van der Waals surface area contributed by atoms with Gasteiger partial charge in [-0.2, -0.15) is 0 Å². The highest BCUT2D eigenvalue weighted by atomic mass is 35.5. The average Bonchev–Trinajstić information content (AvgIpc) is 3.11. The van der Waals surface area contributed by atoms with Crippen molar-refractivity contribution in [1.29, 1.82) is 0 Å². The zero-order valence-corrected chi connectivity index (χ0v) is 16.9. The SMILES string of the molecule is Cc1cc(Cl)cc2sc(N(Cc3ccccn3)C(=O)C3CCCCC3)nc12. The van der Waals surface area contributed by atoms with E-state index in [0.29, 0.717) is 11.6 Å². The minimum Gasteiger partial charge on any atom is -0.282 e. The minimum absolute atomic E-state index is 0.0826. The van der Waals surface area contributed by atoms with E-state index < -0.39 is 0 Å². The molecule has 0 unspecified atom stereocenters.